The Morgan fingerprint density at radius 3 is 2.65 bits per heavy atom. The van der Waals surface area contributed by atoms with Gasteiger partial charge in [-0.3, -0.25) is 0 Å². The molecule has 3 aromatic rings. The number of nitrogens with two attached hydrogens (primary N) is 1. The van der Waals surface area contributed by atoms with Gasteiger partial charge in [0, 0.05) is 6.20 Å². The Morgan fingerprint density at radius 2 is 1.96 bits per heavy atom. The molecule has 0 aliphatic heterocycles. The number of anilines is 1. The van der Waals surface area contributed by atoms with Crippen LogP contribution >= 0.6 is 0 Å². The summed E-state index contributed by atoms with van der Waals surface area (Å²) in [7, 11) is 1.26. The van der Waals surface area contributed by atoms with Crippen LogP contribution in [0, 0.1) is 18.3 Å². The van der Waals surface area contributed by atoms with Gasteiger partial charge in [-0.15, -0.1) is 0 Å². The lowest BCUT2D eigenvalue weighted by Gasteiger charge is -2.14. The summed E-state index contributed by atoms with van der Waals surface area (Å²) >= 11 is 0. The number of hydrogen-bond donors (Lipinski definition) is 1. The Morgan fingerprint density at radius 1 is 1.19 bits per heavy atom. The van der Waals surface area contributed by atoms with Gasteiger partial charge in [-0.25, -0.2) is 4.79 Å². The number of methoxy groups -OCH3 is 1. The van der Waals surface area contributed by atoms with Gasteiger partial charge in [0.1, 0.15) is 11.8 Å². The molecule has 0 bridgehead atoms. The molecule has 0 aliphatic rings. The van der Waals surface area contributed by atoms with Gasteiger partial charge in [-0.2, -0.15) is 5.26 Å². The Labute approximate surface area is 151 Å². The highest BCUT2D eigenvalue weighted by molar-refractivity contribution is 5.96. The average molecular weight is 347 g/mol. The van der Waals surface area contributed by atoms with Gasteiger partial charge in [0.2, 0.25) is 0 Å². The Balaban J connectivity index is 2.14. The van der Waals surface area contributed by atoms with Crippen LogP contribution in [0.5, 0.6) is 11.5 Å². The highest BCUT2D eigenvalue weighted by Gasteiger charge is 2.23. The van der Waals surface area contributed by atoms with Gasteiger partial charge in [0.25, 0.3) is 0 Å². The van der Waals surface area contributed by atoms with E-state index in [1.165, 1.54) is 17.9 Å². The molecule has 0 unspecified atom stereocenters. The van der Waals surface area contributed by atoms with Crippen LogP contribution in [0.4, 0.5) is 5.69 Å². The summed E-state index contributed by atoms with van der Waals surface area (Å²) in [5, 5.41) is 9.27. The molecular weight excluding hydrogens is 330 g/mol. The first-order valence-corrected chi connectivity index (χ1v) is 7.88. The maximum absolute atomic E-state index is 12.2. The third-order valence-electron chi connectivity index (χ3n) is 3.89. The van der Waals surface area contributed by atoms with Crippen LogP contribution in [-0.2, 0) is 4.74 Å². The number of para-hydroxylation sites is 2. The summed E-state index contributed by atoms with van der Waals surface area (Å²) in [4.78, 5) is 12.2. The largest absolute Gasteiger partial charge is 0.464 e. The highest BCUT2D eigenvalue weighted by atomic mass is 16.5. The number of hydrogen-bond acceptors (Lipinski definition) is 5. The summed E-state index contributed by atoms with van der Waals surface area (Å²) in [6, 6.07) is 16.8. The number of nitrogen functional groups attached to an aromatic ring is 1. The van der Waals surface area contributed by atoms with Crippen molar-refractivity contribution in [1.82, 2.24) is 4.57 Å². The standard InChI is InChI=1S/C20H17N3O3/c1-13-6-5-7-15(10-13)26-17-9-4-3-8-16(17)23-12-14(11-21)18(22)19(23)20(24)25-2/h3-10,12H,22H2,1-2H3. The zero-order valence-electron chi connectivity index (χ0n) is 14.4. The molecular formula is C20H17N3O3. The van der Waals surface area contributed by atoms with Crippen LogP contribution in [0.15, 0.2) is 54.7 Å². The molecule has 6 heteroatoms. The van der Waals surface area contributed by atoms with Crippen molar-refractivity contribution in [1.29, 1.82) is 5.26 Å². The maximum Gasteiger partial charge on any atom is 0.357 e. The van der Waals surface area contributed by atoms with Gasteiger partial charge in [-0.05, 0) is 36.8 Å². The van der Waals surface area contributed by atoms with Gasteiger partial charge in [0.15, 0.2) is 11.4 Å². The second-order valence-electron chi connectivity index (χ2n) is 5.66. The number of benzene rings is 2. The lowest BCUT2D eigenvalue weighted by atomic mass is 10.2. The average Bonchev–Trinajstić information content (AvgIpc) is 2.98. The molecule has 0 amide bonds. The van der Waals surface area contributed by atoms with Crippen molar-refractivity contribution < 1.29 is 14.3 Å². The van der Waals surface area contributed by atoms with Crippen molar-refractivity contribution in [3.8, 4) is 23.3 Å². The first-order valence-electron chi connectivity index (χ1n) is 7.88. The highest BCUT2D eigenvalue weighted by Crippen LogP contribution is 2.32. The van der Waals surface area contributed by atoms with Gasteiger partial charge >= 0.3 is 5.97 Å². The number of esters is 1. The van der Waals surface area contributed by atoms with Crippen molar-refractivity contribution >= 4 is 11.7 Å². The van der Waals surface area contributed by atoms with Gasteiger partial charge < -0.3 is 19.8 Å². The summed E-state index contributed by atoms with van der Waals surface area (Å²) in [6.07, 6.45) is 1.50. The van der Waals surface area contributed by atoms with Crippen LogP contribution < -0.4 is 10.5 Å². The minimum absolute atomic E-state index is 0.0738. The zero-order valence-corrected chi connectivity index (χ0v) is 14.4. The minimum Gasteiger partial charge on any atom is -0.464 e. The summed E-state index contributed by atoms with van der Waals surface area (Å²) in [5.41, 5.74) is 7.95. The summed E-state index contributed by atoms with van der Waals surface area (Å²) < 4.78 is 12.3. The molecule has 1 aromatic heterocycles. The summed E-state index contributed by atoms with van der Waals surface area (Å²) in [6.45, 7) is 1.97. The molecule has 6 nitrogen and oxygen atoms in total. The van der Waals surface area contributed by atoms with Crippen LogP contribution in [0.25, 0.3) is 5.69 Å². The van der Waals surface area contributed by atoms with E-state index in [1.54, 1.807) is 12.1 Å². The number of carbonyl (C=O) groups is 1. The lowest BCUT2D eigenvalue weighted by Crippen LogP contribution is -2.11. The number of nitriles is 1. The Kier molecular flexibility index (Phi) is 4.63. The second-order valence-corrected chi connectivity index (χ2v) is 5.66. The van der Waals surface area contributed by atoms with Gasteiger partial charge in [0.05, 0.1) is 24.0 Å². The van der Waals surface area contributed by atoms with Crippen LogP contribution in [0.3, 0.4) is 0 Å². The molecule has 2 aromatic carbocycles. The van der Waals surface area contributed by atoms with Crippen molar-refractivity contribution in [2.75, 3.05) is 12.8 Å². The predicted molar refractivity (Wildman–Crippen MR) is 97.5 cm³/mol. The molecule has 2 N–H and O–H groups in total. The molecule has 1 heterocycles. The van der Waals surface area contributed by atoms with E-state index >= 15 is 0 Å². The predicted octanol–water partition coefficient (Wildman–Crippen LogP) is 3.82. The molecule has 0 saturated heterocycles. The van der Waals surface area contributed by atoms with E-state index in [-0.39, 0.29) is 16.9 Å². The van der Waals surface area contributed by atoms with Crippen LogP contribution in [0.2, 0.25) is 0 Å². The van der Waals surface area contributed by atoms with Crippen molar-refractivity contribution in [3.63, 3.8) is 0 Å². The number of aromatic nitrogens is 1. The zero-order chi connectivity index (χ0) is 18.7. The smallest absolute Gasteiger partial charge is 0.357 e. The van der Waals surface area contributed by atoms with Crippen LogP contribution in [0.1, 0.15) is 21.6 Å². The van der Waals surface area contributed by atoms with E-state index in [0.29, 0.717) is 17.2 Å². The molecule has 0 radical (unpaired) electrons. The molecule has 0 fully saturated rings. The van der Waals surface area contributed by atoms with E-state index in [0.717, 1.165) is 5.56 Å². The summed E-state index contributed by atoms with van der Waals surface area (Å²) in [5.74, 6) is 0.551. The lowest BCUT2D eigenvalue weighted by molar-refractivity contribution is 0.0593. The van der Waals surface area contributed by atoms with Crippen molar-refractivity contribution in [2.24, 2.45) is 0 Å². The third-order valence-corrected chi connectivity index (χ3v) is 3.89. The van der Waals surface area contributed by atoms with Crippen molar-refractivity contribution in [2.45, 2.75) is 6.92 Å². The third kappa shape index (κ3) is 3.10. The normalized spacial score (nSPS) is 10.2. The number of nitrogens with zero attached hydrogens (tertiary/aromatic N) is 2. The fraction of sp³-hybridized carbons (Fsp3) is 0.100. The van der Waals surface area contributed by atoms with Crippen molar-refractivity contribution in [3.05, 3.63) is 71.5 Å². The second kappa shape index (κ2) is 7.03. The fourth-order valence-electron chi connectivity index (χ4n) is 2.65. The van der Waals surface area contributed by atoms with E-state index in [1.807, 2.05) is 49.4 Å². The first kappa shape index (κ1) is 17.1. The molecule has 3 rings (SSSR count). The molecule has 0 saturated carbocycles. The quantitative estimate of drug-likeness (QED) is 0.725. The fourth-order valence-corrected chi connectivity index (χ4v) is 2.65. The molecule has 0 atom stereocenters. The number of ether oxygens (including phenoxy) is 2. The van der Waals surface area contributed by atoms with Crippen LogP contribution in [-0.4, -0.2) is 17.6 Å². The molecule has 130 valence electrons. The van der Waals surface area contributed by atoms with E-state index in [4.69, 9.17) is 15.2 Å². The number of carbonyl (C=O) groups excluding carboxylic acids is 1. The number of rotatable bonds is 4. The molecule has 0 aliphatic carbocycles. The van der Waals surface area contributed by atoms with E-state index in [2.05, 4.69) is 0 Å². The minimum atomic E-state index is -0.630. The number of aryl methyl sites for hydroxylation is 1. The topological polar surface area (TPSA) is 90.3 Å². The maximum atomic E-state index is 12.2. The first-order chi connectivity index (χ1) is 12.5. The Bertz CT molecular complexity index is 1020. The van der Waals surface area contributed by atoms with E-state index in [9.17, 15) is 10.1 Å². The van der Waals surface area contributed by atoms with E-state index < -0.39 is 5.97 Å². The molecule has 26 heavy (non-hydrogen) atoms. The Hall–Kier alpha value is -3.72. The SMILES string of the molecule is COC(=O)c1c(N)c(C#N)cn1-c1ccccc1Oc1cccc(C)c1. The monoisotopic (exact) mass is 347 g/mol. The molecule has 0 spiro atoms. The van der Waals surface area contributed by atoms with Gasteiger partial charge in [-0.1, -0.05) is 24.3 Å².